The molecule has 0 N–H and O–H groups in total. The lowest BCUT2D eigenvalue weighted by atomic mass is 10.1. The summed E-state index contributed by atoms with van der Waals surface area (Å²) >= 11 is 0. The summed E-state index contributed by atoms with van der Waals surface area (Å²) in [5.74, 6) is -0.00705. The van der Waals surface area contributed by atoms with Crippen LogP contribution < -0.4 is 0 Å². The van der Waals surface area contributed by atoms with Gasteiger partial charge < -0.3 is 4.90 Å². The Hall–Kier alpha value is -1.58. The maximum atomic E-state index is 11.1. The Morgan fingerprint density at radius 3 is 3.00 bits per heavy atom. The van der Waals surface area contributed by atoms with Crippen LogP contribution >= 0.6 is 0 Å². The monoisotopic (exact) mass is 176 g/mol. The van der Waals surface area contributed by atoms with Gasteiger partial charge in [-0.3, -0.25) is 9.48 Å². The Labute approximate surface area is 76.5 Å². The smallest absolute Gasteiger partial charge is 0.246 e. The minimum Gasteiger partial charge on any atom is -0.335 e. The second-order valence-corrected chi connectivity index (χ2v) is 3.02. The van der Waals surface area contributed by atoms with E-state index in [1.807, 2.05) is 4.68 Å². The molecule has 0 atom stereocenters. The summed E-state index contributed by atoms with van der Waals surface area (Å²) in [4.78, 5) is 12.8. The molecule has 0 unspecified atom stereocenters. The van der Waals surface area contributed by atoms with Gasteiger partial charge in [-0.2, -0.15) is 5.10 Å². The normalized spacial score (nSPS) is 16.8. The van der Waals surface area contributed by atoms with Gasteiger partial charge in [0.1, 0.15) is 0 Å². The van der Waals surface area contributed by atoms with E-state index in [4.69, 9.17) is 0 Å². The highest BCUT2D eigenvalue weighted by Gasteiger charge is 2.30. The van der Waals surface area contributed by atoms with Crippen molar-refractivity contribution in [1.29, 1.82) is 0 Å². The maximum Gasteiger partial charge on any atom is 0.246 e. The quantitative estimate of drug-likeness (QED) is 0.606. The zero-order valence-corrected chi connectivity index (χ0v) is 7.18. The number of hydrogen-bond acceptors (Lipinski definition) is 2. The first-order valence-corrected chi connectivity index (χ1v) is 4.13. The largest absolute Gasteiger partial charge is 0.335 e. The van der Waals surface area contributed by atoms with Gasteiger partial charge in [-0.15, -0.1) is 0 Å². The Balaban J connectivity index is 1.92. The lowest BCUT2D eigenvalue weighted by Gasteiger charge is -2.38. The molecule has 1 fully saturated rings. The van der Waals surface area contributed by atoms with Crippen LogP contribution in [0.3, 0.4) is 0 Å². The molecular weight excluding hydrogens is 166 g/mol. The third-order valence-electron chi connectivity index (χ3n) is 2.20. The van der Waals surface area contributed by atoms with Gasteiger partial charge in [0.15, 0.2) is 0 Å². The SMILES string of the molecule is C=CC(=O)N1CC(n2c[c]cn2)C1. The van der Waals surface area contributed by atoms with Crippen molar-refractivity contribution in [2.24, 2.45) is 0 Å². The van der Waals surface area contributed by atoms with E-state index >= 15 is 0 Å². The van der Waals surface area contributed by atoms with Gasteiger partial charge in [0.2, 0.25) is 5.91 Å². The molecule has 0 saturated carbocycles. The molecular formula is C9H10N3O. The van der Waals surface area contributed by atoms with E-state index in [0.717, 1.165) is 13.1 Å². The molecule has 2 rings (SSSR count). The molecule has 0 aromatic carbocycles. The fourth-order valence-electron chi connectivity index (χ4n) is 1.37. The number of rotatable bonds is 2. The Kier molecular flexibility index (Phi) is 1.88. The summed E-state index contributed by atoms with van der Waals surface area (Å²) in [6, 6.07) is 3.18. The molecule has 1 aromatic heterocycles. The maximum absolute atomic E-state index is 11.1. The molecule has 0 aliphatic carbocycles. The van der Waals surface area contributed by atoms with Crippen molar-refractivity contribution >= 4 is 5.91 Å². The standard InChI is InChI=1S/C9H10N3O/c1-2-9(13)11-6-8(7-11)12-5-3-4-10-12/h2,4-5,8H,1,6-7H2. The van der Waals surface area contributed by atoms with E-state index in [9.17, 15) is 4.79 Å². The molecule has 2 heterocycles. The van der Waals surface area contributed by atoms with Gasteiger partial charge >= 0.3 is 0 Å². The molecule has 1 aromatic rings. The molecule has 67 valence electrons. The predicted molar refractivity (Wildman–Crippen MR) is 46.9 cm³/mol. The Morgan fingerprint density at radius 1 is 1.69 bits per heavy atom. The minimum atomic E-state index is -0.00705. The lowest BCUT2D eigenvalue weighted by Crippen LogP contribution is -2.50. The second kappa shape index (κ2) is 3.05. The molecule has 1 aliphatic heterocycles. The minimum absolute atomic E-state index is 0.00705. The van der Waals surface area contributed by atoms with E-state index in [1.54, 1.807) is 17.3 Å². The zero-order valence-electron chi connectivity index (χ0n) is 7.18. The molecule has 0 spiro atoms. The highest BCUT2D eigenvalue weighted by atomic mass is 16.2. The lowest BCUT2D eigenvalue weighted by molar-refractivity contribution is -0.131. The predicted octanol–water partition coefficient (Wildman–Crippen LogP) is 0.253. The van der Waals surface area contributed by atoms with Crippen molar-refractivity contribution in [3.8, 4) is 0 Å². The number of nitrogens with zero attached hydrogens (tertiary/aromatic N) is 3. The third-order valence-corrected chi connectivity index (χ3v) is 2.20. The second-order valence-electron chi connectivity index (χ2n) is 3.02. The molecule has 1 saturated heterocycles. The topological polar surface area (TPSA) is 38.1 Å². The number of aromatic nitrogens is 2. The number of hydrogen-bond donors (Lipinski definition) is 0. The van der Waals surface area contributed by atoms with Crippen LogP contribution in [0.1, 0.15) is 6.04 Å². The van der Waals surface area contributed by atoms with Crippen LogP contribution in [-0.2, 0) is 4.79 Å². The van der Waals surface area contributed by atoms with Crippen molar-refractivity contribution in [3.63, 3.8) is 0 Å². The Morgan fingerprint density at radius 2 is 2.46 bits per heavy atom. The van der Waals surface area contributed by atoms with Gasteiger partial charge in [0, 0.05) is 25.4 Å². The average molecular weight is 176 g/mol. The van der Waals surface area contributed by atoms with E-state index < -0.39 is 0 Å². The van der Waals surface area contributed by atoms with Crippen LogP contribution in [0.25, 0.3) is 0 Å². The number of carbonyl (C=O) groups excluding carboxylic acids is 1. The van der Waals surface area contributed by atoms with Gasteiger partial charge in [-0.05, 0) is 6.08 Å². The van der Waals surface area contributed by atoms with Crippen LogP contribution in [0.2, 0.25) is 0 Å². The van der Waals surface area contributed by atoms with Gasteiger partial charge in [-0.25, -0.2) is 0 Å². The summed E-state index contributed by atoms with van der Waals surface area (Å²) in [6.45, 7) is 4.88. The molecule has 13 heavy (non-hydrogen) atoms. The van der Waals surface area contributed by atoms with E-state index in [0.29, 0.717) is 6.04 Å². The van der Waals surface area contributed by atoms with Gasteiger partial charge in [0.05, 0.1) is 12.2 Å². The summed E-state index contributed by atoms with van der Waals surface area (Å²) in [5.41, 5.74) is 0. The van der Waals surface area contributed by atoms with Crippen molar-refractivity contribution in [2.45, 2.75) is 6.04 Å². The summed E-state index contributed by atoms with van der Waals surface area (Å²) < 4.78 is 1.83. The van der Waals surface area contributed by atoms with Gasteiger partial charge in [-0.1, -0.05) is 6.58 Å². The van der Waals surface area contributed by atoms with Crippen LogP contribution in [0.4, 0.5) is 0 Å². The first-order chi connectivity index (χ1) is 6.31. The first-order valence-electron chi connectivity index (χ1n) is 4.13. The summed E-state index contributed by atoms with van der Waals surface area (Å²) in [6.07, 6.45) is 4.75. The van der Waals surface area contributed by atoms with Crippen molar-refractivity contribution in [1.82, 2.24) is 14.7 Å². The summed E-state index contributed by atoms with van der Waals surface area (Å²) in [7, 11) is 0. The van der Waals surface area contributed by atoms with Crippen LogP contribution in [0, 0.1) is 6.07 Å². The molecule has 1 amide bonds. The fraction of sp³-hybridized carbons (Fsp3) is 0.333. The fourth-order valence-corrected chi connectivity index (χ4v) is 1.37. The number of carbonyl (C=O) groups is 1. The van der Waals surface area contributed by atoms with Crippen LogP contribution in [-0.4, -0.2) is 33.7 Å². The molecule has 1 radical (unpaired) electrons. The van der Waals surface area contributed by atoms with Crippen LogP contribution in [0.15, 0.2) is 25.0 Å². The van der Waals surface area contributed by atoms with Crippen LogP contribution in [0.5, 0.6) is 0 Å². The molecule has 1 aliphatic rings. The summed E-state index contributed by atoms with van der Waals surface area (Å²) in [5, 5.41) is 4.06. The molecule has 4 heteroatoms. The van der Waals surface area contributed by atoms with E-state index in [1.165, 1.54) is 6.08 Å². The molecule has 4 nitrogen and oxygen atoms in total. The number of amides is 1. The van der Waals surface area contributed by atoms with Crippen molar-refractivity contribution in [2.75, 3.05) is 13.1 Å². The molecule has 0 bridgehead atoms. The van der Waals surface area contributed by atoms with Gasteiger partial charge in [0.25, 0.3) is 0 Å². The first kappa shape index (κ1) is 8.04. The number of likely N-dealkylation sites (tertiary alicyclic amines) is 1. The van der Waals surface area contributed by atoms with Crippen molar-refractivity contribution < 1.29 is 4.79 Å². The third kappa shape index (κ3) is 1.35. The van der Waals surface area contributed by atoms with E-state index in [2.05, 4.69) is 17.7 Å². The van der Waals surface area contributed by atoms with Crippen molar-refractivity contribution in [3.05, 3.63) is 31.1 Å². The van der Waals surface area contributed by atoms with E-state index in [-0.39, 0.29) is 5.91 Å². The highest BCUT2D eigenvalue weighted by Crippen LogP contribution is 2.19. The zero-order chi connectivity index (χ0) is 9.26. The Bertz CT molecular complexity index is 312. The average Bonchev–Trinajstić information content (AvgIpc) is 2.54. The highest BCUT2D eigenvalue weighted by molar-refractivity contribution is 5.87.